The van der Waals surface area contributed by atoms with Gasteiger partial charge in [-0.1, -0.05) is 13.8 Å². The normalized spacial score (nSPS) is 19.5. The Morgan fingerprint density at radius 1 is 1.11 bits per heavy atom. The highest BCUT2D eigenvalue weighted by Gasteiger charge is 2.26. The van der Waals surface area contributed by atoms with Gasteiger partial charge in [-0.3, -0.25) is 9.59 Å². The summed E-state index contributed by atoms with van der Waals surface area (Å²) in [7, 11) is 0. The summed E-state index contributed by atoms with van der Waals surface area (Å²) in [6, 6.07) is -0.455. The molecule has 18 heavy (non-hydrogen) atoms. The molecule has 0 radical (unpaired) electrons. The van der Waals surface area contributed by atoms with Gasteiger partial charge in [0.05, 0.1) is 5.25 Å². The summed E-state index contributed by atoms with van der Waals surface area (Å²) in [5.74, 6) is 0.0177. The van der Waals surface area contributed by atoms with Crippen LogP contribution in [0.25, 0.3) is 0 Å². The largest absolute Gasteiger partial charge is 0.344 e. The van der Waals surface area contributed by atoms with Gasteiger partial charge in [0.25, 0.3) is 0 Å². The molecular formula is C13H24N2O2S. The maximum Gasteiger partial charge on any atom is 0.244 e. The second-order valence-electron chi connectivity index (χ2n) is 5.31. The van der Waals surface area contributed by atoms with Gasteiger partial charge in [-0.25, -0.2) is 0 Å². The first-order valence-electron chi connectivity index (χ1n) is 6.70. The molecule has 104 valence electrons. The van der Waals surface area contributed by atoms with Gasteiger partial charge in [-0.05, 0) is 32.1 Å². The fraction of sp³-hybridized carbons (Fsp3) is 0.846. The summed E-state index contributed by atoms with van der Waals surface area (Å²) >= 11 is 4.25. The summed E-state index contributed by atoms with van der Waals surface area (Å²) in [6.07, 6.45) is 3.32. The molecule has 1 saturated heterocycles. The zero-order valence-corrected chi connectivity index (χ0v) is 12.4. The Labute approximate surface area is 115 Å². The fourth-order valence-electron chi connectivity index (χ4n) is 2.05. The molecule has 5 heteroatoms. The molecule has 0 bridgehead atoms. The van der Waals surface area contributed by atoms with Crippen LogP contribution < -0.4 is 5.32 Å². The first-order chi connectivity index (χ1) is 8.43. The van der Waals surface area contributed by atoms with Gasteiger partial charge in [0.2, 0.25) is 11.8 Å². The number of nitrogens with one attached hydrogen (secondary N) is 1. The number of amides is 2. The third kappa shape index (κ3) is 4.19. The van der Waals surface area contributed by atoms with Crippen LogP contribution in [0.1, 0.15) is 40.0 Å². The summed E-state index contributed by atoms with van der Waals surface area (Å²) in [5.41, 5.74) is 0. The number of thiol groups is 1. The highest BCUT2D eigenvalue weighted by Crippen LogP contribution is 2.11. The maximum absolute atomic E-state index is 12.1. The summed E-state index contributed by atoms with van der Waals surface area (Å²) in [6.45, 7) is 7.25. The van der Waals surface area contributed by atoms with Crippen LogP contribution in [0.4, 0.5) is 0 Å². The van der Waals surface area contributed by atoms with Crippen LogP contribution in [0.15, 0.2) is 0 Å². The lowest BCUT2D eigenvalue weighted by atomic mass is 10.1. The summed E-state index contributed by atoms with van der Waals surface area (Å²) in [5, 5.41) is 2.39. The number of piperidine rings is 1. The number of carbonyl (C=O) groups excluding carboxylic acids is 2. The average molecular weight is 272 g/mol. The molecule has 0 aromatic heterocycles. The molecule has 1 fully saturated rings. The maximum atomic E-state index is 12.1. The number of hydrogen-bond acceptors (Lipinski definition) is 3. The molecule has 1 aliphatic heterocycles. The van der Waals surface area contributed by atoms with E-state index in [2.05, 4.69) is 17.9 Å². The zero-order chi connectivity index (χ0) is 13.7. The van der Waals surface area contributed by atoms with Gasteiger partial charge in [0.15, 0.2) is 0 Å². The van der Waals surface area contributed by atoms with Crippen molar-refractivity contribution in [1.82, 2.24) is 10.2 Å². The van der Waals surface area contributed by atoms with Crippen molar-refractivity contribution in [3.05, 3.63) is 0 Å². The van der Waals surface area contributed by atoms with Crippen molar-refractivity contribution in [3.63, 3.8) is 0 Å². The van der Waals surface area contributed by atoms with Gasteiger partial charge in [0.1, 0.15) is 6.04 Å². The van der Waals surface area contributed by atoms with E-state index in [1.807, 2.05) is 18.7 Å². The van der Waals surface area contributed by atoms with E-state index in [0.717, 1.165) is 25.9 Å². The molecule has 4 nitrogen and oxygen atoms in total. The smallest absolute Gasteiger partial charge is 0.244 e. The van der Waals surface area contributed by atoms with Gasteiger partial charge < -0.3 is 10.2 Å². The van der Waals surface area contributed by atoms with E-state index in [9.17, 15) is 9.59 Å². The van der Waals surface area contributed by atoms with Crippen molar-refractivity contribution in [2.24, 2.45) is 5.92 Å². The molecule has 1 heterocycles. The lowest BCUT2D eigenvalue weighted by molar-refractivity contribution is -0.136. The Hall–Kier alpha value is -0.710. The molecule has 2 atom stereocenters. The van der Waals surface area contributed by atoms with Crippen molar-refractivity contribution in [1.29, 1.82) is 0 Å². The number of rotatable bonds is 4. The van der Waals surface area contributed by atoms with E-state index in [-0.39, 0.29) is 23.0 Å². The zero-order valence-electron chi connectivity index (χ0n) is 11.5. The highest BCUT2D eigenvalue weighted by atomic mass is 32.1. The summed E-state index contributed by atoms with van der Waals surface area (Å²) < 4.78 is 0. The predicted octanol–water partition coefficient (Wildman–Crippen LogP) is 1.46. The minimum absolute atomic E-state index is 0.0207. The quantitative estimate of drug-likeness (QED) is 0.761. The molecule has 2 unspecified atom stereocenters. The first-order valence-corrected chi connectivity index (χ1v) is 7.22. The van der Waals surface area contributed by atoms with Crippen LogP contribution in [0.3, 0.4) is 0 Å². The van der Waals surface area contributed by atoms with Gasteiger partial charge in [-0.2, -0.15) is 12.6 Å². The predicted molar refractivity (Wildman–Crippen MR) is 75.6 cm³/mol. The lowest BCUT2D eigenvalue weighted by Crippen LogP contribution is -2.50. The molecule has 1 N–H and O–H groups in total. The Balaban J connectivity index is 2.46. The third-order valence-electron chi connectivity index (χ3n) is 3.30. The van der Waals surface area contributed by atoms with Gasteiger partial charge in [0, 0.05) is 13.1 Å². The topological polar surface area (TPSA) is 49.4 Å². The van der Waals surface area contributed by atoms with Crippen LogP contribution in [0.5, 0.6) is 0 Å². The lowest BCUT2D eigenvalue weighted by Gasteiger charge is -2.30. The second-order valence-corrected chi connectivity index (χ2v) is 5.86. The molecule has 2 amide bonds. The molecular weight excluding hydrogens is 248 g/mol. The molecule has 0 aliphatic carbocycles. The first kappa shape index (κ1) is 15.3. The van der Waals surface area contributed by atoms with E-state index < -0.39 is 6.04 Å². The van der Waals surface area contributed by atoms with E-state index in [1.54, 1.807) is 6.92 Å². The van der Waals surface area contributed by atoms with E-state index in [1.165, 1.54) is 6.42 Å². The van der Waals surface area contributed by atoms with E-state index in [4.69, 9.17) is 0 Å². The van der Waals surface area contributed by atoms with Crippen molar-refractivity contribution in [2.45, 2.75) is 51.3 Å². The third-order valence-corrected chi connectivity index (χ3v) is 4.13. The van der Waals surface area contributed by atoms with E-state index >= 15 is 0 Å². The Bertz CT molecular complexity index is 301. The van der Waals surface area contributed by atoms with Crippen LogP contribution in [-0.4, -0.2) is 41.1 Å². The fourth-order valence-corrected chi connectivity index (χ4v) is 2.13. The van der Waals surface area contributed by atoms with Crippen LogP contribution in [0.2, 0.25) is 0 Å². The number of hydrogen-bond donors (Lipinski definition) is 2. The van der Waals surface area contributed by atoms with Crippen molar-refractivity contribution >= 4 is 24.4 Å². The van der Waals surface area contributed by atoms with Crippen LogP contribution >= 0.6 is 12.6 Å². The molecule has 0 saturated carbocycles. The monoisotopic (exact) mass is 272 g/mol. The van der Waals surface area contributed by atoms with Crippen molar-refractivity contribution < 1.29 is 9.59 Å². The summed E-state index contributed by atoms with van der Waals surface area (Å²) in [4.78, 5) is 25.8. The molecule has 0 spiro atoms. The SMILES string of the molecule is CC(NC(=O)C(S)C(C)C)C(=O)N1CCCCC1. The number of nitrogens with zero attached hydrogens (tertiary/aromatic N) is 1. The molecule has 0 aromatic carbocycles. The van der Waals surface area contributed by atoms with Gasteiger partial charge >= 0.3 is 0 Å². The molecule has 1 rings (SSSR count). The Kier molecular flexibility index (Phi) is 5.99. The average Bonchev–Trinajstić information content (AvgIpc) is 2.37. The minimum atomic E-state index is -0.455. The Morgan fingerprint density at radius 2 is 1.67 bits per heavy atom. The van der Waals surface area contributed by atoms with Crippen molar-refractivity contribution in [2.75, 3.05) is 13.1 Å². The van der Waals surface area contributed by atoms with E-state index in [0.29, 0.717) is 0 Å². The van der Waals surface area contributed by atoms with Crippen LogP contribution in [0, 0.1) is 5.92 Å². The number of likely N-dealkylation sites (tertiary alicyclic amines) is 1. The molecule has 0 aromatic rings. The van der Waals surface area contributed by atoms with Crippen molar-refractivity contribution in [3.8, 4) is 0 Å². The molecule has 1 aliphatic rings. The highest BCUT2D eigenvalue weighted by molar-refractivity contribution is 7.81. The Morgan fingerprint density at radius 3 is 2.17 bits per heavy atom. The van der Waals surface area contributed by atoms with Gasteiger partial charge in [-0.15, -0.1) is 0 Å². The number of carbonyl (C=O) groups is 2. The standard InChI is InChI=1S/C13H24N2O2S/c1-9(2)11(18)12(16)14-10(3)13(17)15-7-5-4-6-8-15/h9-11,18H,4-8H2,1-3H3,(H,14,16). The minimum Gasteiger partial charge on any atom is -0.344 e. The van der Waals surface area contributed by atoms with Crippen LogP contribution in [-0.2, 0) is 9.59 Å². The second kappa shape index (κ2) is 7.02.